The van der Waals surface area contributed by atoms with E-state index in [0.717, 1.165) is 31.6 Å². The van der Waals surface area contributed by atoms with E-state index < -0.39 is 0 Å². The molecule has 4 nitrogen and oxygen atoms in total. The predicted molar refractivity (Wildman–Crippen MR) is 124 cm³/mol. The minimum Gasteiger partial charge on any atom is -0.377 e. The number of likely N-dealkylation sites (tertiary alicyclic amines) is 1. The number of nitrogens with zero attached hydrogens (tertiary/aromatic N) is 2. The number of benzene rings is 1. The maximum Gasteiger partial charge on any atom is 0.193 e. The maximum absolute atomic E-state index is 5.93. The molecule has 4 atom stereocenters. The van der Waals surface area contributed by atoms with Crippen molar-refractivity contribution in [2.75, 3.05) is 32.5 Å². The van der Waals surface area contributed by atoms with Crippen LogP contribution < -0.4 is 5.32 Å². The molecule has 1 aromatic rings. The van der Waals surface area contributed by atoms with Gasteiger partial charge in [-0.05, 0) is 30.9 Å². The molecule has 2 heterocycles. The molecule has 0 radical (unpaired) electrons. The highest BCUT2D eigenvalue weighted by atomic mass is 127. The second-order valence-corrected chi connectivity index (χ2v) is 9.55. The van der Waals surface area contributed by atoms with Crippen LogP contribution in [0.4, 0.5) is 0 Å². The Balaban J connectivity index is 0.00000210. The van der Waals surface area contributed by atoms with Gasteiger partial charge in [0.05, 0.1) is 6.10 Å². The van der Waals surface area contributed by atoms with Crippen LogP contribution in [0.25, 0.3) is 0 Å². The molecule has 1 aromatic carbocycles. The summed E-state index contributed by atoms with van der Waals surface area (Å²) in [6.07, 6.45) is 2.86. The number of hydrogen-bond acceptors (Lipinski definition) is 3. The lowest BCUT2D eigenvalue weighted by Gasteiger charge is -2.55. The zero-order valence-electron chi connectivity index (χ0n) is 16.6. The summed E-state index contributed by atoms with van der Waals surface area (Å²) in [6, 6.07) is 11.2. The summed E-state index contributed by atoms with van der Waals surface area (Å²) in [6.45, 7) is 7.79. The van der Waals surface area contributed by atoms with Gasteiger partial charge < -0.3 is 15.0 Å². The monoisotopic (exact) mass is 501 g/mol. The molecular weight excluding hydrogens is 469 g/mol. The third kappa shape index (κ3) is 4.27. The predicted octanol–water partition coefficient (Wildman–Crippen LogP) is 4.11. The lowest BCUT2D eigenvalue weighted by Crippen LogP contribution is -2.68. The van der Waals surface area contributed by atoms with E-state index in [2.05, 4.69) is 59.4 Å². The summed E-state index contributed by atoms with van der Waals surface area (Å²) < 4.78 is 5.93. The van der Waals surface area contributed by atoms with Gasteiger partial charge in [-0.1, -0.05) is 32.0 Å². The van der Waals surface area contributed by atoms with Crippen LogP contribution in [0.3, 0.4) is 0 Å². The summed E-state index contributed by atoms with van der Waals surface area (Å²) in [7, 11) is 1.92. The summed E-state index contributed by atoms with van der Waals surface area (Å²) in [5.74, 6) is 3.65. The van der Waals surface area contributed by atoms with Gasteiger partial charge in [-0.2, -0.15) is 0 Å². The van der Waals surface area contributed by atoms with Crippen LogP contribution in [-0.2, 0) is 4.74 Å². The molecule has 0 bridgehead atoms. The van der Waals surface area contributed by atoms with Crippen LogP contribution in [0.15, 0.2) is 40.2 Å². The fraction of sp³-hybridized carbons (Fsp3) is 0.667. The van der Waals surface area contributed by atoms with Crippen LogP contribution in [0.2, 0.25) is 0 Å². The molecule has 27 heavy (non-hydrogen) atoms. The van der Waals surface area contributed by atoms with Crippen LogP contribution >= 0.6 is 35.7 Å². The molecule has 3 aliphatic rings. The SMILES string of the molecule is CN=C(NC1C2CCOC2C1(C)C)N1CCC(CSc2ccccc2)C1.I. The summed E-state index contributed by atoms with van der Waals surface area (Å²) >= 11 is 1.98. The maximum atomic E-state index is 5.93. The quantitative estimate of drug-likeness (QED) is 0.292. The van der Waals surface area contributed by atoms with E-state index in [0.29, 0.717) is 18.1 Å². The minimum absolute atomic E-state index is 0. The molecule has 0 amide bonds. The van der Waals surface area contributed by atoms with E-state index in [-0.39, 0.29) is 29.4 Å². The van der Waals surface area contributed by atoms with Crippen molar-refractivity contribution >= 4 is 41.7 Å². The lowest BCUT2D eigenvalue weighted by molar-refractivity contribution is -0.107. The van der Waals surface area contributed by atoms with E-state index in [9.17, 15) is 0 Å². The molecular formula is C21H32IN3OS. The molecule has 0 aromatic heterocycles. The van der Waals surface area contributed by atoms with E-state index in [1.54, 1.807) is 0 Å². The number of hydrogen-bond donors (Lipinski definition) is 1. The first-order chi connectivity index (χ1) is 12.6. The van der Waals surface area contributed by atoms with Crippen molar-refractivity contribution in [2.45, 2.75) is 43.7 Å². The number of guanidine groups is 1. The largest absolute Gasteiger partial charge is 0.377 e. The number of rotatable bonds is 4. The average molecular weight is 501 g/mol. The molecule has 1 N–H and O–H groups in total. The number of nitrogens with one attached hydrogen (secondary N) is 1. The normalized spacial score (nSPS) is 31.8. The van der Waals surface area contributed by atoms with Crippen LogP contribution in [-0.4, -0.2) is 55.5 Å². The second-order valence-electron chi connectivity index (χ2n) is 8.46. The summed E-state index contributed by atoms with van der Waals surface area (Å²) in [5.41, 5.74) is 0.194. The van der Waals surface area contributed by atoms with Gasteiger partial charge in [0.15, 0.2) is 5.96 Å². The molecule has 4 unspecified atom stereocenters. The van der Waals surface area contributed by atoms with Crippen LogP contribution in [0, 0.1) is 17.3 Å². The number of halogens is 1. The van der Waals surface area contributed by atoms with Crippen molar-refractivity contribution in [3.05, 3.63) is 30.3 Å². The minimum atomic E-state index is 0. The van der Waals surface area contributed by atoms with Gasteiger partial charge >= 0.3 is 0 Å². The van der Waals surface area contributed by atoms with Crippen molar-refractivity contribution in [2.24, 2.45) is 22.2 Å². The van der Waals surface area contributed by atoms with Gasteiger partial charge in [0.2, 0.25) is 0 Å². The van der Waals surface area contributed by atoms with E-state index in [1.165, 1.54) is 23.5 Å². The molecule has 2 saturated heterocycles. The highest BCUT2D eigenvalue weighted by Crippen LogP contribution is 2.52. The summed E-state index contributed by atoms with van der Waals surface area (Å²) in [5, 5.41) is 3.79. The molecule has 1 saturated carbocycles. The Bertz CT molecular complexity index is 654. The van der Waals surface area contributed by atoms with Crippen molar-refractivity contribution in [1.82, 2.24) is 10.2 Å². The van der Waals surface area contributed by atoms with Crippen LogP contribution in [0.1, 0.15) is 26.7 Å². The van der Waals surface area contributed by atoms with Gasteiger partial charge in [0.25, 0.3) is 0 Å². The van der Waals surface area contributed by atoms with E-state index >= 15 is 0 Å². The third-order valence-corrected chi connectivity index (χ3v) is 7.65. The van der Waals surface area contributed by atoms with Gasteiger partial charge in [-0.25, -0.2) is 0 Å². The number of fused-ring (bicyclic) bond motifs is 1. The first kappa shape index (κ1) is 21.2. The molecule has 1 aliphatic carbocycles. The Morgan fingerprint density at radius 1 is 1.30 bits per heavy atom. The molecule has 4 rings (SSSR count). The fourth-order valence-electron chi connectivity index (χ4n) is 4.95. The first-order valence-electron chi connectivity index (χ1n) is 9.87. The Hall–Kier alpha value is -0.470. The zero-order valence-corrected chi connectivity index (χ0v) is 19.7. The Morgan fingerprint density at radius 3 is 2.81 bits per heavy atom. The first-order valence-corrected chi connectivity index (χ1v) is 10.9. The molecule has 2 aliphatic heterocycles. The Kier molecular flexibility index (Phi) is 7.01. The van der Waals surface area contributed by atoms with Gasteiger partial charge in [-0.15, -0.1) is 35.7 Å². The lowest BCUT2D eigenvalue weighted by atomic mass is 9.57. The van der Waals surface area contributed by atoms with Crippen molar-refractivity contribution in [1.29, 1.82) is 0 Å². The highest BCUT2D eigenvalue weighted by Gasteiger charge is 2.59. The van der Waals surface area contributed by atoms with E-state index in [4.69, 9.17) is 4.74 Å². The smallest absolute Gasteiger partial charge is 0.193 e. The van der Waals surface area contributed by atoms with Gasteiger partial charge in [0, 0.05) is 54.8 Å². The molecule has 0 spiro atoms. The van der Waals surface area contributed by atoms with E-state index in [1.807, 2.05) is 18.8 Å². The topological polar surface area (TPSA) is 36.9 Å². The fourth-order valence-corrected chi connectivity index (χ4v) is 6.00. The average Bonchev–Trinajstić information content (AvgIpc) is 3.30. The molecule has 6 heteroatoms. The van der Waals surface area contributed by atoms with Gasteiger partial charge in [-0.3, -0.25) is 4.99 Å². The zero-order chi connectivity index (χ0) is 18.1. The molecule has 3 fully saturated rings. The second kappa shape index (κ2) is 8.91. The van der Waals surface area contributed by atoms with Crippen molar-refractivity contribution < 1.29 is 4.74 Å². The summed E-state index contributed by atoms with van der Waals surface area (Å²) in [4.78, 5) is 8.43. The number of aliphatic imine (C=N–C) groups is 1. The van der Waals surface area contributed by atoms with Crippen LogP contribution in [0.5, 0.6) is 0 Å². The van der Waals surface area contributed by atoms with Crippen molar-refractivity contribution in [3.8, 4) is 0 Å². The Labute approximate surface area is 184 Å². The Morgan fingerprint density at radius 2 is 2.07 bits per heavy atom. The third-order valence-electron chi connectivity index (χ3n) is 6.41. The van der Waals surface area contributed by atoms with Crippen molar-refractivity contribution in [3.63, 3.8) is 0 Å². The number of ether oxygens (including phenoxy) is 1. The van der Waals surface area contributed by atoms with Gasteiger partial charge in [0.1, 0.15) is 0 Å². The molecule has 150 valence electrons. The highest BCUT2D eigenvalue weighted by molar-refractivity contribution is 14.0. The standard InChI is InChI=1S/C21H31N3OS.HI/c1-21(2)18(17-10-12-25-19(17)21)23-20(22-3)24-11-9-15(13-24)14-26-16-7-5-4-6-8-16;/h4-8,15,17-19H,9-14H2,1-3H3,(H,22,23);1H. The number of thioether (sulfide) groups is 1.